The van der Waals surface area contributed by atoms with Gasteiger partial charge in [-0.15, -0.1) is 11.8 Å². The third-order valence-electron chi connectivity index (χ3n) is 4.60. The molecule has 3 rings (SSSR count). The van der Waals surface area contributed by atoms with Gasteiger partial charge in [-0.1, -0.05) is 24.3 Å². The van der Waals surface area contributed by atoms with Gasteiger partial charge in [0.15, 0.2) is 0 Å². The first-order chi connectivity index (χ1) is 14.7. The molecule has 3 aromatic rings. The molecule has 0 bridgehead atoms. The Labute approximate surface area is 181 Å². The third-order valence-corrected chi connectivity index (χ3v) is 5.65. The Hall–Kier alpha value is -3.66. The number of aliphatic imine (C=N–C) groups is 1. The molecule has 0 aliphatic carbocycles. The lowest BCUT2D eigenvalue weighted by atomic mass is 10.2. The van der Waals surface area contributed by atoms with Crippen molar-refractivity contribution in [3.8, 4) is 5.88 Å². The quantitative estimate of drug-likeness (QED) is 0.282. The number of hydrogen-bond acceptors (Lipinski definition) is 7. The number of hydrogen-bond donors (Lipinski definition) is 1. The van der Waals surface area contributed by atoms with Crippen molar-refractivity contribution in [3.63, 3.8) is 0 Å². The predicted molar refractivity (Wildman–Crippen MR) is 120 cm³/mol. The van der Waals surface area contributed by atoms with E-state index in [4.69, 9.17) is 0 Å². The summed E-state index contributed by atoms with van der Waals surface area (Å²) in [7, 11) is 2.70. The van der Waals surface area contributed by atoms with Gasteiger partial charge in [0.1, 0.15) is 10.6 Å². The molecule has 10 heteroatoms. The number of nitro benzene ring substituents is 1. The van der Waals surface area contributed by atoms with Crippen LogP contribution >= 0.6 is 11.8 Å². The van der Waals surface area contributed by atoms with Crippen LogP contribution in [0.25, 0.3) is 0 Å². The fourth-order valence-corrected chi connectivity index (χ4v) is 3.85. The lowest BCUT2D eigenvalue weighted by Gasteiger charge is -2.12. The van der Waals surface area contributed by atoms with Crippen molar-refractivity contribution in [2.45, 2.75) is 12.7 Å². The predicted octanol–water partition coefficient (Wildman–Crippen LogP) is 3.02. The molecule has 2 aromatic carbocycles. The Morgan fingerprint density at radius 2 is 1.81 bits per heavy atom. The number of thioether (sulfide) groups is 1. The molecule has 0 radical (unpaired) electrons. The molecule has 0 aliphatic heterocycles. The summed E-state index contributed by atoms with van der Waals surface area (Å²) in [4.78, 5) is 39.9. The van der Waals surface area contributed by atoms with Crippen molar-refractivity contribution in [1.29, 1.82) is 0 Å². The summed E-state index contributed by atoms with van der Waals surface area (Å²) in [6, 6.07) is 13.4. The van der Waals surface area contributed by atoms with E-state index in [2.05, 4.69) is 4.99 Å². The van der Waals surface area contributed by atoms with Gasteiger partial charge in [-0.2, -0.15) is 0 Å². The monoisotopic (exact) mass is 440 g/mol. The molecule has 0 amide bonds. The maximum absolute atomic E-state index is 12.8. The number of rotatable bonds is 5. The second-order valence-electron chi connectivity index (χ2n) is 6.87. The summed E-state index contributed by atoms with van der Waals surface area (Å²) >= 11 is 1.19. The van der Waals surface area contributed by atoms with Crippen molar-refractivity contribution in [2.75, 3.05) is 0 Å². The highest BCUT2D eigenvalue weighted by Gasteiger charge is 2.21. The lowest BCUT2D eigenvalue weighted by molar-refractivity contribution is -0.384. The summed E-state index contributed by atoms with van der Waals surface area (Å²) in [5, 5.41) is 21.6. The molecule has 160 valence electrons. The van der Waals surface area contributed by atoms with Crippen LogP contribution in [0.5, 0.6) is 5.88 Å². The molecule has 0 unspecified atom stereocenters. The molecule has 0 saturated heterocycles. The number of nitrogens with zero attached hydrogens (tertiary/aromatic N) is 4. The number of aromatic hydroxyl groups is 1. The van der Waals surface area contributed by atoms with E-state index in [9.17, 15) is 24.8 Å². The van der Waals surface area contributed by atoms with Crippen molar-refractivity contribution < 1.29 is 10.0 Å². The van der Waals surface area contributed by atoms with E-state index in [0.29, 0.717) is 11.4 Å². The van der Waals surface area contributed by atoms with Crippen LogP contribution < -0.4 is 11.2 Å². The third kappa shape index (κ3) is 4.75. The first-order valence-electron chi connectivity index (χ1n) is 9.20. The highest BCUT2D eigenvalue weighted by atomic mass is 32.2. The fourth-order valence-electron chi connectivity index (χ4n) is 2.86. The minimum Gasteiger partial charge on any atom is -0.494 e. The SMILES string of the molecule is Cc1cccc(N=C(SCc2ccc([N+](=O)[O-])cc2)c2c(O)n(C)c(=O)n(C)c2=O)c1. The Bertz CT molecular complexity index is 1290. The summed E-state index contributed by atoms with van der Waals surface area (Å²) in [5.41, 5.74) is 0.906. The van der Waals surface area contributed by atoms with Gasteiger partial charge in [-0.3, -0.25) is 24.0 Å². The molecule has 0 fully saturated rings. The largest absolute Gasteiger partial charge is 0.494 e. The van der Waals surface area contributed by atoms with Gasteiger partial charge in [0.25, 0.3) is 11.2 Å². The van der Waals surface area contributed by atoms with E-state index in [-0.39, 0.29) is 16.3 Å². The number of nitro groups is 1. The average molecular weight is 440 g/mol. The molecular formula is C21H20N4O5S. The molecule has 0 atom stereocenters. The van der Waals surface area contributed by atoms with E-state index >= 15 is 0 Å². The number of non-ortho nitro benzene ring substituents is 1. The van der Waals surface area contributed by atoms with Gasteiger partial charge in [0.05, 0.1) is 10.6 Å². The minimum atomic E-state index is -0.664. The lowest BCUT2D eigenvalue weighted by Crippen LogP contribution is -2.39. The molecule has 0 aliphatic rings. The molecule has 1 N–H and O–H groups in total. The van der Waals surface area contributed by atoms with Gasteiger partial charge in [-0.05, 0) is 30.2 Å². The van der Waals surface area contributed by atoms with Crippen LogP contribution in [0.3, 0.4) is 0 Å². The Balaban J connectivity index is 2.08. The fraction of sp³-hybridized carbons (Fsp3) is 0.190. The zero-order valence-electron chi connectivity index (χ0n) is 17.1. The first-order valence-corrected chi connectivity index (χ1v) is 10.2. The number of benzene rings is 2. The van der Waals surface area contributed by atoms with E-state index < -0.39 is 22.1 Å². The van der Waals surface area contributed by atoms with Gasteiger partial charge in [0, 0.05) is 32.0 Å². The second-order valence-corrected chi connectivity index (χ2v) is 7.84. The highest BCUT2D eigenvalue weighted by Crippen LogP contribution is 2.26. The van der Waals surface area contributed by atoms with Gasteiger partial charge < -0.3 is 5.11 Å². The molecule has 31 heavy (non-hydrogen) atoms. The first kappa shape index (κ1) is 22.0. The maximum atomic E-state index is 12.8. The van der Waals surface area contributed by atoms with Crippen LogP contribution in [-0.4, -0.2) is 24.2 Å². The molecule has 9 nitrogen and oxygen atoms in total. The summed E-state index contributed by atoms with van der Waals surface area (Å²) in [5.74, 6) is -0.135. The van der Waals surface area contributed by atoms with E-state index in [1.54, 1.807) is 18.2 Å². The molecule has 1 heterocycles. The normalized spacial score (nSPS) is 11.5. The van der Waals surface area contributed by atoms with Crippen LogP contribution in [0.4, 0.5) is 11.4 Å². The molecule has 1 aromatic heterocycles. The van der Waals surface area contributed by atoms with Crippen LogP contribution in [-0.2, 0) is 19.8 Å². The second kappa shape index (κ2) is 9.00. The van der Waals surface area contributed by atoms with Gasteiger partial charge in [0.2, 0.25) is 5.88 Å². The van der Waals surface area contributed by atoms with Crippen LogP contribution in [0, 0.1) is 17.0 Å². The Morgan fingerprint density at radius 1 is 1.13 bits per heavy atom. The van der Waals surface area contributed by atoms with Crippen molar-refractivity contribution in [1.82, 2.24) is 9.13 Å². The zero-order valence-corrected chi connectivity index (χ0v) is 17.9. The van der Waals surface area contributed by atoms with Gasteiger partial charge in [-0.25, -0.2) is 9.79 Å². The van der Waals surface area contributed by atoms with Crippen molar-refractivity contribution in [2.24, 2.45) is 19.1 Å². The maximum Gasteiger partial charge on any atom is 0.333 e. The smallest absolute Gasteiger partial charge is 0.333 e. The van der Waals surface area contributed by atoms with Crippen LogP contribution in [0.2, 0.25) is 0 Å². The minimum absolute atomic E-state index is 0.0213. The standard InChI is InChI=1S/C21H20N4O5S/c1-13-5-4-6-15(11-13)22-18(17-19(26)23(2)21(28)24(3)20(17)27)31-12-14-7-9-16(10-8-14)25(29)30/h4-11,26H,12H2,1-3H3. The van der Waals surface area contributed by atoms with Crippen molar-refractivity contribution >= 4 is 28.2 Å². The summed E-state index contributed by atoms with van der Waals surface area (Å²) < 4.78 is 1.89. The van der Waals surface area contributed by atoms with E-state index in [1.165, 1.54) is 38.0 Å². The highest BCUT2D eigenvalue weighted by molar-refractivity contribution is 8.13. The molecule has 0 saturated carbocycles. The van der Waals surface area contributed by atoms with Crippen LogP contribution in [0.15, 0.2) is 63.1 Å². The topological polar surface area (TPSA) is 120 Å². The molecular weight excluding hydrogens is 420 g/mol. The summed E-state index contributed by atoms with van der Waals surface area (Å²) in [6.45, 7) is 1.91. The van der Waals surface area contributed by atoms with Crippen LogP contribution in [0.1, 0.15) is 16.7 Å². The Morgan fingerprint density at radius 3 is 2.42 bits per heavy atom. The van der Waals surface area contributed by atoms with Crippen molar-refractivity contribution in [3.05, 3.63) is 96.2 Å². The van der Waals surface area contributed by atoms with E-state index in [1.807, 2.05) is 25.1 Å². The average Bonchev–Trinajstić information content (AvgIpc) is 2.75. The van der Waals surface area contributed by atoms with E-state index in [0.717, 1.165) is 20.3 Å². The summed E-state index contributed by atoms with van der Waals surface area (Å²) in [6.07, 6.45) is 0. The number of aromatic nitrogens is 2. The van der Waals surface area contributed by atoms with Gasteiger partial charge >= 0.3 is 5.69 Å². The zero-order chi connectivity index (χ0) is 22.7. The molecule has 0 spiro atoms. The Kier molecular flexibility index (Phi) is 6.40. The number of aryl methyl sites for hydroxylation is 1.